The monoisotopic (exact) mass is 410 g/mol. The smallest absolute Gasteiger partial charge is 0.354 e. The van der Waals surface area contributed by atoms with Gasteiger partial charge in [0.25, 0.3) is 0 Å². The number of methoxy groups -OCH3 is 1. The van der Waals surface area contributed by atoms with E-state index in [2.05, 4.69) is 4.98 Å². The molecule has 0 unspecified atom stereocenters. The van der Waals surface area contributed by atoms with Crippen molar-refractivity contribution in [2.45, 2.75) is 6.54 Å². The van der Waals surface area contributed by atoms with E-state index in [4.69, 9.17) is 16.3 Å². The average Bonchev–Trinajstić information content (AvgIpc) is 3.05. The van der Waals surface area contributed by atoms with Crippen molar-refractivity contribution in [3.8, 4) is 17.0 Å². The van der Waals surface area contributed by atoms with Crippen LogP contribution in [0.1, 0.15) is 16.2 Å². The zero-order chi connectivity index (χ0) is 20.5. The first-order valence-electron chi connectivity index (χ1n) is 8.78. The summed E-state index contributed by atoms with van der Waals surface area (Å²) in [7, 11) is 1.55. The third-order valence-corrected chi connectivity index (χ3v) is 4.96. The van der Waals surface area contributed by atoms with Gasteiger partial charge in [0.2, 0.25) is 0 Å². The molecular formula is C22H16ClFN2O3. The first kappa shape index (κ1) is 19.0. The normalized spacial score (nSPS) is 11.0. The Kier molecular flexibility index (Phi) is 4.94. The van der Waals surface area contributed by atoms with Gasteiger partial charge in [-0.05, 0) is 60.2 Å². The molecule has 1 N–H and O–H groups in total. The Morgan fingerprint density at radius 2 is 1.93 bits per heavy atom. The second-order valence-corrected chi connectivity index (χ2v) is 6.89. The zero-order valence-electron chi connectivity index (χ0n) is 15.4. The third kappa shape index (κ3) is 3.67. The summed E-state index contributed by atoms with van der Waals surface area (Å²) in [6.07, 6.45) is 0. The number of aromatic nitrogens is 2. The van der Waals surface area contributed by atoms with Crippen LogP contribution in [-0.4, -0.2) is 27.7 Å². The van der Waals surface area contributed by atoms with Crippen molar-refractivity contribution in [1.82, 2.24) is 9.55 Å². The average molecular weight is 411 g/mol. The SMILES string of the molecule is COc1cc2cc(-c3ccc(F)cc3)n(Cc3cccc(C(=O)O)n3)c2cc1Cl. The molecule has 2 aromatic heterocycles. The number of rotatable bonds is 5. The maximum atomic E-state index is 13.4. The van der Waals surface area contributed by atoms with Crippen LogP contribution >= 0.6 is 11.6 Å². The van der Waals surface area contributed by atoms with Gasteiger partial charge in [0.15, 0.2) is 0 Å². The van der Waals surface area contributed by atoms with E-state index in [0.717, 1.165) is 22.2 Å². The van der Waals surface area contributed by atoms with Gasteiger partial charge in [0.05, 0.1) is 29.9 Å². The number of ether oxygens (including phenoxy) is 1. The summed E-state index contributed by atoms with van der Waals surface area (Å²) in [5.74, 6) is -0.860. The molecule has 0 radical (unpaired) electrons. The second-order valence-electron chi connectivity index (χ2n) is 6.49. The van der Waals surface area contributed by atoms with Gasteiger partial charge in [-0.25, -0.2) is 14.2 Å². The van der Waals surface area contributed by atoms with Crippen LogP contribution in [0.2, 0.25) is 5.02 Å². The lowest BCUT2D eigenvalue weighted by Gasteiger charge is -2.12. The van der Waals surface area contributed by atoms with Crippen molar-refractivity contribution in [3.05, 3.63) is 82.9 Å². The Labute approximate surface area is 170 Å². The molecule has 0 amide bonds. The molecule has 7 heteroatoms. The molecule has 0 aliphatic heterocycles. The fourth-order valence-corrected chi connectivity index (χ4v) is 3.53. The number of carboxylic acids is 1. The van der Waals surface area contributed by atoms with Crippen LogP contribution in [0, 0.1) is 5.82 Å². The number of benzene rings is 2. The number of hydrogen-bond acceptors (Lipinski definition) is 3. The minimum atomic E-state index is -1.09. The number of carboxylic acid groups (broad SMARTS) is 1. The van der Waals surface area contributed by atoms with Crippen molar-refractivity contribution in [3.63, 3.8) is 0 Å². The van der Waals surface area contributed by atoms with E-state index in [0.29, 0.717) is 23.0 Å². The van der Waals surface area contributed by atoms with E-state index in [-0.39, 0.29) is 11.5 Å². The van der Waals surface area contributed by atoms with Gasteiger partial charge < -0.3 is 14.4 Å². The van der Waals surface area contributed by atoms with Crippen LogP contribution in [0.4, 0.5) is 4.39 Å². The van der Waals surface area contributed by atoms with Gasteiger partial charge in [-0.15, -0.1) is 0 Å². The number of nitrogens with zero attached hydrogens (tertiary/aromatic N) is 2. The molecule has 29 heavy (non-hydrogen) atoms. The molecule has 0 saturated heterocycles. The summed E-state index contributed by atoms with van der Waals surface area (Å²) in [5.41, 5.74) is 3.02. The molecule has 5 nitrogen and oxygen atoms in total. The van der Waals surface area contributed by atoms with E-state index >= 15 is 0 Å². The molecule has 0 fully saturated rings. The van der Waals surface area contributed by atoms with E-state index in [1.54, 1.807) is 37.4 Å². The van der Waals surface area contributed by atoms with Crippen LogP contribution in [-0.2, 0) is 6.54 Å². The zero-order valence-corrected chi connectivity index (χ0v) is 16.2. The summed E-state index contributed by atoms with van der Waals surface area (Å²) in [5, 5.41) is 10.6. The Morgan fingerprint density at radius 3 is 2.62 bits per heavy atom. The van der Waals surface area contributed by atoms with Crippen molar-refractivity contribution in [2.24, 2.45) is 0 Å². The van der Waals surface area contributed by atoms with Crippen molar-refractivity contribution in [1.29, 1.82) is 0 Å². The Balaban J connectivity index is 1.90. The van der Waals surface area contributed by atoms with Gasteiger partial charge in [0.1, 0.15) is 17.3 Å². The number of pyridine rings is 1. The highest BCUT2D eigenvalue weighted by molar-refractivity contribution is 6.32. The molecule has 2 heterocycles. The number of halogens is 2. The molecular weight excluding hydrogens is 395 g/mol. The van der Waals surface area contributed by atoms with Crippen LogP contribution in [0.25, 0.3) is 22.2 Å². The Bertz CT molecular complexity index is 1220. The fraction of sp³-hybridized carbons (Fsp3) is 0.0909. The molecule has 0 atom stereocenters. The lowest BCUT2D eigenvalue weighted by Crippen LogP contribution is -2.07. The summed E-state index contributed by atoms with van der Waals surface area (Å²) in [6.45, 7) is 0.319. The van der Waals surface area contributed by atoms with E-state index in [1.165, 1.54) is 18.2 Å². The molecule has 0 spiro atoms. The summed E-state index contributed by atoms with van der Waals surface area (Å²) in [6, 6.07) is 16.6. The minimum Gasteiger partial charge on any atom is -0.495 e. The van der Waals surface area contributed by atoms with Crippen LogP contribution < -0.4 is 4.74 Å². The lowest BCUT2D eigenvalue weighted by atomic mass is 10.1. The molecule has 2 aromatic carbocycles. The summed E-state index contributed by atoms with van der Waals surface area (Å²) in [4.78, 5) is 15.5. The Hall–Kier alpha value is -3.38. The number of aromatic carboxylic acids is 1. The first-order chi connectivity index (χ1) is 14.0. The van der Waals surface area contributed by atoms with Gasteiger partial charge in [-0.2, -0.15) is 0 Å². The van der Waals surface area contributed by atoms with Crippen LogP contribution in [0.3, 0.4) is 0 Å². The van der Waals surface area contributed by atoms with E-state index in [9.17, 15) is 14.3 Å². The third-order valence-electron chi connectivity index (χ3n) is 4.66. The number of carbonyl (C=O) groups is 1. The Morgan fingerprint density at radius 1 is 1.17 bits per heavy atom. The molecule has 4 rings (SSSR count). The van der Waals surface area contributed by atoms with Crippen molar-refractivity contribution in [2.75, 3.05) is 7.11 Å². The molecule has 4 aromatic rings. The first-order valence-corrected chi connectivity index (χ1v) is 9.16. The number of fused-ring (bicyclic) bond motifs is 1. The van der Waals surface area contributed by atoms with Crippen molar-refractivity contribution >= 4 is 28.5 Å². The summed E-state index contributed by atoms with van der Waals surface area (Å²) >= 11 is 6.34. The number of hydrogen-bond donors (Lipinski definition) is 1. The van der Waals surface area contributed by atoms with Gasteiger partial charge >= 0.3 is 5.97 Å². The molecule has 0 saturated carbocycles. The minimum absolute atomic E-state index is 0.0259. The topological polar surface area (TPSA) is 64.3 Å². The fourth-order valence-electron chi connectivity index (χ4n) is 3.30. The summed E-state index contributed by atoms with van der Waals surface area (Å²) < 4.78 is 20.7. The molecule has 146 valence electrons. The largest absolute Gasteiger partial charge is 0.495 e. The highest BCUT2D eigenvalue weighted by Gasteiger charge is 2.15. The van der Waals surface area contributed by atoms with Gasteiger partial charge in [-0.1, -0.05) is 17.7 Å². The second kappa shape index (κ2) is 7.56. The lowest BCUT2D eigenvalue weighted by molar-refractivity contribution is 0.0690. The molecule has 0 aliphatic carbocycles. The predicted molar refractivity (Wildman–Crippen MR) is 109 cm³/mol. The maximum Gasteiger partial charge on any atom is 0.354 e. The van der Waals surface area contributed by atoms with Crippen LogP contribution in [0.15, 0.2) is 60.7 Å². The van der Waals surface area contributed by atoms with Crippen LogP contribution in [0.5, 0.6) is 5.75 Å². The highest BCUT2D eigenvalue weighted by Crippen LogP contribution is 2.35. The van der Waals surface area contributed by atoms with Gasteiger partial charge in [-0.3, -0.25) is 0 Å². The van der Waals surface area contributed by atoms with Crippen molar-refractivity contribution < 1.29 is 19.0 Å². The molecule has 0 bridgehead atoms. The maximum absolute atomic E-state index is 13.4. The molecule has 0 aliphatic rings. The highest BCUT2D eigenvalue weighted by atomic mass is 35.5. The van der Waals surface area contributed by atoms with E-state index in [1.807, 2.05) is 16.7 Å². The van der Waals surface area contributed by atoms with Gasteiger partial charge in [0, 0.05) is 11.1 Å². The quantitative estimate of drug-likeness (QED) is 0.488. The van der Waals surface area contributed by atoms with E-state index < -0.39 is 5.97 Å². The standard InChI is InChI=1S/C22H16ClFN2O3/c1-29-21-10-14-9-19(13-5-7-15(24)8-6-13)26(20(14)11-17(21)23)12-16-3-2-4-18(25-16)22(27)28/h2-11H,12H2,1H3,(H,27,28). The predicted octanol–water partition coefficient (Wildman–Crippen LogP) is 5.25.